The van der Waals surface area contributed by atoms with E-state index in [1.165, 1.54) is 5.56 Å². The molecule has 20 heavy (non-hydrogen) atoms. The van der Waals surface area contributed by atoms with E-state index in [2.05, 4.69) is 29.5 Å². The summed E-state index contributed by atoms with van der Waals surface area (Å²) in [5.74, 6) is 1.70. The normalized spacial score (nSPS) is 14.3. The van der Waals surface area contributed by atoms with Crippen molar-refractivity contribution in [2.75, 3.05) is 12.1 Å². The molecular formula is C15H19N3O2. The molecule has 0 fully saturated rings. The first-order chi connectivity index (χ1) is 9.70. The van der Waals surface area contributed by atoms with Gasteiger partial charge in [0.05, 0.1) is 11.9 Å². The van der Waals surface area contributed by atoms with Gasteiger partial charge < -0.3 is 14.8 Å². The highest BCUT2D eigenvalue weighted by Gasteiger charge is 2.13. The lowest BCUT2D eigenvalue weighted by molar-refractivity contribution is 0.174. The predicted molar refractivity (Wildman–Crippen MR) is 77.2 cm³/mol. The number of nitrogens with one attached hydrogen (secondary N) is 1. The summed E-state index contributed by atoms with van der Waals surface area (Å²) in [5.41, 5.74) is 2.33. The number of nitrogens with zero attached hydrogens (tertiary/aromatic N) is 2. The fourth-order valence-corrected chi connectivity index (χ4v) is 2.33. The second kappa shape index (κ2) is 5.45. The average molecular weight is 273 g/mol. The highest BCUT2D eigenvalue weighted by atomic mass is 16.7. The van der Waals surface area contributed by atoms with Crippen molar-refractivity contribution in [3.8, 4) is 11.5 Å². The molecule has 1 N–H and O–H groups in total. The van der Waals surface area contributed by atoms with E-state index >= 15 is 0 Å². The molecule has 1 atom stereocenters. The van der Waals surface area contributed by atoms with E-state index in [-0.39, 0.29) is 0 Å². The van der Waals surface area contributed by atoms with E-state index in [9.17, 15) is 0 Å². The van der Waals surface area contributed by atoms with Gasteiger partial charge in [0.1, 0.15) is 0 Å². The van der Waals surface area contributed by atoms with Crippen molar-refractivity contribution in [3.63, 3.8) is 0 Å². The molecule has 0 radical (unpaired) electrons. The van der Waals surface area contributed by atoms with Gasteiger partial charge in [-0.2, -0.15) is 5.10 Å². The molecule has 2 heterocycles. The first-order valence-corrected chi connectivity index (χ1v) is 6.84. The molecule has 0 aliphatic carbocycles. The van der Waals surface area contributed by atoms with Crippen LogP contribution in [-0.4, -0.2) is 22.6 Å². The minimum absolute atomic E-state index is 0.331. The molecule has 0 saturated heterocycles. The van der Waals surface area contributed by atoms with E-state index in [4.69, 9.17) is 9.47 Å². The highest BCUT2D eigenvalue weighted by Crippen LogP contribution is 2.32. The molecular weight excluding hydrogens is 254 g/mol. The van der Waals surface area contributed by atoms with Crippen LogP contribution in [0.4, 0.5) is 5.69 Å². The summed E-state index contributed by atoms with van der Waals surface area (Å²) in [6.45, 7) is 2.51. The quantitative estimate of drug-likeness (QED) is 0.909. The molecule has 0 spiro atoms. The van der Waals surface area contributed by atoms with Gasteiger partial charge in [-0.15, -0.1) is 0 Å². The number of anilines is 1. The van der Waals surface area contributed by atoms with Gasteiger partial charge in [-0.05, 0) is 37.5 Å². The monoisotopic (exact) mass is 273 g/mol. The van der Waals surface area contributed by atoms with Crippen LogP contribution in [0.25, 0.3) is 0 Å². The smallest absolute Gasteiger partial charge is 0.231 e. The van der Waals surface area contributed by atoms with Gasteiger partial charge in [0.15, 0.2) is 11.5 Å². The second-order valence-corrected chi connectivity index (χ2v) is 5.17. The first kappa shape index (κ1) is 12.8. The Morgan fingerprint density at radius 2 is 2.20 bits per heavy atom. The third-order valence-corrected chi connectivity index (χ3v) is 3.42. The van der Waals surface area contributed by atoms with Crippen LogP contribution in [-0.2, 0) is 13.5 Å². The van der Waals surface area contributed by atoms with E-state index in [1.807, 2.05) is 25.5 Å². The van der Waals surface area contributed by atoms with Gasteiger partial charge in [0.25, 0.3) is 0 Å². The van der Waals surface area contributed by atoms with Crippen LogP contribution in [0, 0.1) is 0 Å². The fraction of sp³-hybridized carbons (Fsp3) is 0.400. The second-order valence-electron chi connectivity index (χ2n) is 5.17. The molecule has 1 unspecified atom stereocenters. The Bertz CT molecular complexity index is 595. The average Bonchev–Trinajstić information content (AvgIpc) is 3.04. The van der Waals surface area contributed by atoms with Crippen molar-refractivity contribution in [1.82, 2.24) is 9.78 Å². The van der Waals surface area contributed by atoms with Crippen LogP contribution in [0.15, 0.2) is 30.6 Å². The van der Waals surface area contributed by atoms with Crippen molar-refractivity contribution in [1.29, 1.82) is 0 Å². The summed E-state index contributed by atoms with van der Waals surface area (Å²) in [5, 5.41) is 7.60. The molecule has 5 heteroatoms. The highest BCUT2D eigenvalue weighted by molar-refractivity contribution is 5.44. The van der Waals surface area contributed by atoms with E-state index in [0.717, 1.165) is 30.0 Å². The van der Waals surface area contributed by atoms with E-state index in [1.54, 1.807) is 4.68 Å². The van der Waals surface area contributed by atoms with Gasteiger partial charge in [-0.25, -0.2) is 0 Å². The van der Waals surface area contributed by atoms with Gasteiger partial charge in [0, 0.05) is 19.3 Å². The number of aromatic nitrogens is 2. The van der Waals surface area contributed by atoms with Crippen molar-refractivity contribution in [3.05, 3.63) is 36.2 Å². The SMILES string of the molecule is CC(CCc1ccc2c(c1)OCO2)Nc1cnn(C)c1. The maximum Gasteiger partial charge on any atom is 0.231 e. The van der Waals surface area contributed by atoms with Crippen molar-refractivity contribution in [2.24, 2.45) is 7.05 Å². The third-order valence-electron chi connectivity index (χ3n) is 3.42. The Hall–Kier alpha value is -2.17. The first-order valence-electron chi connectivity index (χ1n) is 6.84. The van der Waals surface area contributed by atoms with Gasteiger partial charge in [0.2, 0.25) is 6.79 Å². The van der Waals surface area contributed by atoms with Crippen LogP contribution in [0.1, 0.15) is 18.9 Å². The standard InChI is InChI=1S/C15H19N3O2/c1-11(17-13-8-16-18(2)9-13)3-4-12-5-6-14-15(7-12)20-10-19-14/h5-9,11,17H,3-4,10H2,1-2H3. The summed E-state index contributed by atoms with van der Waals surface area (Å²) in [7, 11) is 1.92. The minimum atomic E-state index is 0.331. The molecule has 0 amide bonds. The van der Waals surface area contributed by atoms with Gasteiger partial charge in [-0.3, -0.25) is 4.68 Å². The zero-order chi connectivity index (χ0) is 13.9. The molecule has 5 nitrogen and oxygen atoms in total. The van der Waals surface area contributed by atoms with Crippen LogP contribution >= 0.6 is 0 Å². The van der Waals surface area contributed by atoms with E-state index in [0.29, 0.717) is 12.8 Å². The molecule has 1 aromatic heterocycles. The van der Waals surface area contributed by atoms with Crippen LogP contribution in [0.3, 0.4) is 0 Å². The Morgan fingerprint density at radius 1 is 1.35 bits per heavy atom. The molecule has 0 bridgehead atoms. The van der Waals surface area contributed by atoms with Gasteiger partial charge >= 0.3 is 0 Å². The lowest BCUT2D eigenvalue weighted by Crippen LogP contribution is -2.15. The number of hydrogen-bond acceptors (Lipinski definition) is 4. The third kappa shape index (κ3) is 2.87. The zero-order valence-electron chi connectivity index (χ0n) is 11.8. The number of ether oxygens (including phenoxy) is 2. The summed E-state index contributed by atoms with van der Waals surface area (Å²) < 4.78 is 12.5. The minimum Gasteiger partial charge on any atom is -0.454 e. The Labute approximate surface area is 118 Å². The number of rotatable bonds is 5. The fourth-order valence-electron chi connectivity index (χ4n) is 2.33. The summed E-state index contributed by atoms with van der Waals surface area (Å²) in [4.78, 5) is 0. The number of benzene rings is 1. The topological polar surface area (TPSA) is 48.3 Å². The van der Waals surface area contributed by atoms with Gasteiger partial charge in [-0.1, -0.05) is 6.07 Å². The van der Waals surface area contributed by atoms with Crippen molar-refractivity contribution < 1.29 is 9.47 Å². The molecule has 106 valence electrons. The number of aryl methyl sites for hydroxylation is 2. The molecule has 2 aromatic rings. The van der Waals surface area contributed by atoms with Crippen LogP contribution < -0.4 is 14.8 Å². The van der Waals surface area contributed by atoms with Crippen molar-refractivity contribution >= 4 is 5.69 Å². The number of fused-ring (bicyclic) bond motifs is 1. The lowest BCUT2D eigenvalue weighted by Gasteiger charge is -2.13. The summed E-state index contributed by atoms with van der Waals surface area (Å²) in [6, 6.07) is 6.55. The Morgan fingerprint density at radius 3 is 3.00 bits per heavy atom. The maximum atomic E-state index is 5.40. The largest absolute Gasteiger partial charge is 0.454 e. The number of hydrogen-bond donors (Lipinski definition) is 1. The van der Waals surface area contributed by atoms with Crippen LogP contribution in [0.5, 0.6) is 11.5 Å². The molecule has 1 aliphatic rings. The summed E-state index contributed by atoms with van der Waals surface area (Å²) in [6.07, 6.45) is 5.88. The maximum absolute atomic E-state index is 5.40. The zero-order valence-corrected chi connectivity index (χ0v) is 11.8. The molecule has 1 aromatic carbocycles. The Kier molecular flexibility index (Phi) is 3.50. The molecule has 3 rings (SSSR count). The van der Waals surface area contributed by atoms with Crippen molar-refractivity contribution in [2.45, 2.75) is 25.8 Å². The Balaban J connectivity index is 1.53. The molecule has 1 aliphatic heterocycles. The predicted octanol–water partition coefficient (Wildman–Crippen LogP) is 2.58. The van der Waals surface area contributed by atoms with Crippen LogP contribution in [0.2, 0.25) is 0 Å². The molecule has 0 saturated carbocycles. The summed E-state index contributed by atoms with van der Waals surface area (Å²) >= 11 is 0. The lowest BCUT2D eigenvalue weighted by atomic mass is 10.1. The van der Waals surface area contributed by atoms with E-state index < -0.39 is 0 Å².